The van der Waals surface area contributed by atoms with Crippen molar-refractivity contribution in [3.63, 3.8) is 0 Å². The molecule has 0 saturated heterocycles. The summed E-state index contributed by atoms with van der Waals surface area (Å²) in [6, 6.07) is 8.48. The first-order valence-corrected chi connectivity index (χ1v) is 6.28. The Bertz CT molecular complexity index is 459. The Morgan fingerprint density at radius 3 is 2.60 bits per heavy atom. The average molecular weight is 216 g/mol. The molecule has 1 aliphatic carbocycles. The van der Waals surface area contributed by atoms with E-state index in [-0.39, 0.29) is 0 Å². The van der Waals surface area contributed by atoms with Gasteiger partial charge in [0.25, 0.3) is 0 Å². The quantitative estimate of drug-likeness (QED) is 0.663. The van der Waals surface area contributed by atoms with Gasteiger partial charge >= 0.3 is 0 Å². The third-order valence-corrected chi connectivity index (χ3v) is 4.12. The highest BCUT2D eigenvalue weighted by atomic mass is 32.2. The number of allylic oxidation sites excluding steroid dienone is 1. The third-order valence-electron chi connectivity index (χ3n) is 3.20. The van der Waals surface area contributed by atoms with Crippen molar-refractivity contribution in [2.45, 2.75) is 19.3 Å². The van der Waals surface area contributed by atoms with E-state index in [2.05, 4.69) is 24.3 Å². The minimum Gasteiger partial charge on any atom is -0.282 e. The van der Waals surface area contributed by atoms with E-state index < -0.39 is 0 Å². The van der Waals surface area contributed by atoms with Gasteiger partial charge in [-0.2, -0.15) is 0 Å². The van der Waals surface area contributed by atoms with Crippen LogP contribution in [0.5, 0.6) is 0 Å². The molecule has 2 heteroatoms. The fourth-order valence-corrected chi connectivity index (χ4v) is 3.29. The molecular weight excluding hydrogens is 204 g/mol. The number of thioether (sulfide) groups is 1. The maximum atomic E-state index is 11.7. The number of carbonyl (C=O) groups excluding carboxylic acids is 1. The van der Waals surface area contributed by atoms with Gasteiger partial charge in [0.15, 0.2) is 0 Å². The summed E-state index contributed by atoms with van der Waals surface area (Å²) < 4.78 is 0. The van der Waals surface area contributed by atoms with Gasteiger partial charge in [-0.25, -0.2) is 0 Å². The Balaban J connectivity index is 2.04. The molecule has 0 radical (unpaired) electrons. The van der Waals surface area contributed by atoms with Crippen molar-refractivity contribution in [2.24, 2.45) is 0 Å². The molecule has 0 amide bonds. The summed E-state index contributed by atoms with van der Waals surface area (Å²) in [5, 5.41) is 0.311. The Morgan fingerprint density at radius 2 is 1.80 bits per heavy atom. The monoisotopic (exact) mass is 216 g/mol. The lowest BCUT2D eigenvalue weighted by atomic mass is 9.85. The average Bonchev–Trinajstić information content (AvgIpc) is 2.27. The summed E-state index contributed by atoms with van der Waals surface area (Å²) in [5.41, 5.74) is 5.23. The molecule has 0 spiro atoms. The highest BCUT2D eigenvalue weighted by molar-refractivity contribution is 8.14. The van der Waals surface area contributed by atoms with E-state index in [0.717, 1.165) is 30.6 Å². The number of benzene rings is 1. The largest absolute Gasteiger partial charge is 0.282 e. The number of carbonyl (C=O) groups is 1. The second-order valence-electron chi connectivity index (χ2n) is 4.09. The molecule has 0 N–H and O–H groups in total. The Morgan fingerprint density at radius 1 is 1.07 bits per heavy atom. The molecule has 1 heterocycles. The maximum absolute atomic E-state index is 11.7. The van der Waals surface area contributed by atoms with Gasteiger partial charge in [-0.3, -0.25) is 4.79 Å². The van der Waals surface area contributed by atoms with Gasteiger partial charge in [0.05, 0.1) is 0 Å². The van der Waals surface area contributed by atoms with E-state index in [0.29, 0.717) is 5.12 Å². The van der Waals surface area contributed by atoms with E-state index in [4.69, 9.17) is 0 Å². The Labute approximate surface area is 93.6 Å². The smallest absolute Gasteiger partial charge is 0.215 e. The van der Waals surface area contributed by atoms with Gasteiger partial charge in [0.1, 0.15) is 0 Å². The second-order valence-corrected chi connectivity index (χ2v) is 5.16. The first-order valence-electron chi connectivity index (χ1n) is 5.29. The van der Waals surface area contributed by atoms with E-state index in [1.54, 1.807) is 0 Å². The topological polar surface area (TPSA) is 17.1 Å². The fourth-order valence-electron chi connectivity index (χ4n) is 2.36. The van der Waals surface area contributed by atoms with Crippen LogP contribution in [0.3, 0.4) is 0 Å². The van der Waals surface area contributed by atoms with E-state index in [1.165, 1.54) is 28.5 Å². The molecule has 0 fully saturated rings. The van der Waals surface area contributed by atoms with E-state index in [1.807, 2.05) is 0 Å². The summed E-state index contributed by atoms with van der Waals surface area (Å²) in [5.74, 6) is 0.972. The summed E-state index contributed by atoms with van der Waals surface area (Å²) in [7, 11) is 0. The van der Waals surface area contributed by atoms with Crippen LogP contribution in [0, 0.1) is 0 Å². The lowest BCUT2D eigenvalue weighted by Crippen LogP contribution is -2.18. The van der Waals surface area contributed by atoms with Gasteiger partial charge in [-0.1, -0.05) is 41.6 Å². The molecule has 3 rings (SSSR count). The van der Waals surface area contributed by atoms with Gasteiger partial charge in [0, 0.05) is 17.7 Å². The van der Waals surface area contributed by atoms with Gasteiger partial charge in [0.2, 0.25) is 5.12 Å². The molecule has 0 aromatic heterocycles. The highest BCUT2D eigenvalue weighted by Gasteiger charge is 2.25. The zero-order valence-corrected chi connectivity index (χ0v) is 9.27. The summed E-state index contributed by atoms with van der Waals surface area (Å²) >= 11 is 1.48. The highest BCUT2D eigenvalue weighted by Crippen LogP contribution is 2.34. The zero-order chi connectivity index (χ0) is 10.3. The van der Waals surface area contributed by atoms with Crippen LogP contribution in [-0.4, -0.2) is 10.9 Å². The van der Waals surface area contributed by atoms with Crippen molar-refractivity contribution in [1.29, 1.82) is 0 Å². The minimum absolute atomic E-state index is 0.311. The van der Waals surface area contributed by atoms with Crippen LogP contribution in [0.25, 0.3) is 0 Å². The first-order chi connectivity index (χ1) is 7.34. The number of rotatable bonds is 0. The van der Waals surface area contributed by atoms with Crippen LogP contribution in [0.4, 0.5) is 0 Å². The molecule has 0 unspecified atom stereocenters. The normalized spacial score (nSPS) is 19.9. The van der Waals surface area contributed by atoms with Crippen LogP contribution in [-0.2, 0) is 17.6 Å². The lowest BCUT2D eigenvalue weighted by molar-refractivity contribution is -0.108. The molecule has 0 atom stereocenters. The molecule has 0 saturated carbocycles. The first kappa shape index (κ1) is 9.22. The fraction of sp³-hybridized carbons (Fsp3) is 0.308. The third kappa shape index (κ3) is 1.53. The number of hydrogen-bond donors (Lipinski definition) is 0. The van der Waals surface area contributed by atoms with Crippen LogP contribution in [0.2, 0.25) is 0 Å². The molecular formula is C13H12OS. The standard InChI is InChI=1S/C13H12OS/c14-13-12-8-10-4-2-1-3-9(10)7-11(12)5-6-15-13/h1-4H,5-8H2. The molecule has 2 aliphatic rings. The summed E-state index contributed by atoms with van der Waals surface area (Å²) in [6.07, 6.45) is 2.95. The Kier molecular flexibility index (Phi) is 2.17. The number of hydrogen-bond acceptors (Lipinski definition) is 2. The SMILES string of the molecule is O=C1SCCC2=C1Cc1ccccc1C2. The van der Waals surface area contributed by atoms with Crippen molar-refractivity contribution in [3.05, 3.63) is 46.5 Å². The molecule has 15 heavy (non-hydrogen) atoms. The van der Waals surface area contributed by atoms with Crippen molar-refractivity contribution < 1.29 is 4.79 Å². The predicted molar refractivity (Wildman–Crippen MR) is 63.0 cm³/mol. The lowest BCUT2D eigenvalue weighted by Gasteiger charge is -2.25. The molecule has 76 valence electrons. The Hall–Kier alpha value is -1.02. The van der Waals surface area contributed by atoms with Crippen molar-refractivity contribution >= 4 is 16.9 Å². The number of fused-ring (bicyclic) bond motifs is 1. The molecule has 1 aromatic rings. The summed E-state index contributed by atoms with van der Waals surface area (Å²) in [6.45, 7) is 0. The summed E-state index contributed by atoms with van der Waals surface area (Å²) in [4.78, 5) is 11.7. The molecule has 1 aromatic carbocycles. The van der Waals surface area contributed by atoms with Crippen molar-refractivity contribution in [1.82, 2.24) is 0 Å². The molecule has 1 nitrogen and oxygen atoms in total. The van der Waals surface area contributed by atoms with Crippen LogP contribution >= 0.6 is 11.8 Å². The predicted octanol–water partition coefficient (Wildman–Crippen LogP) is 2.75. The van der Waals surface area contributed by atoms with Crippen molar-refractivity contribution in [3.8, 4) is 0 Å². The van der Waals surface area contributed by atoms with Gasteiger partial charge in [-0.05, 0) is 24.0 Å². The van der Waals surface area contributed by atoms with Gasteiger partial charge in [-0.15, -0.1) is 0 Å². The van der Waals surface area contributed by atoms with E-state index >= 15 is 0 Å². The molecule has 1 aliphatic heterocycles. The van der Waals surface area contributed by atoms with Gasteiger partial charge < -0.3 is 0 Å². The maximum Gasteiger partial charge on any atom is 0.215 e. The van der Waals surface area contributed by atoms with Crippen molar-refractivity contribution in [2.75, 3.05) is 5.75 Å². The second kappa shape index (κ2) is 3.53. The minimum atomic E-state index is 0.311. The van der Waals surface area contributed by atoms with Crippen LogP contribution < -0.4 is 0 Å². The van der Waals surface area contributed by atoms with E-state index in [9.17, 15) is 4.79 Å². The van der Waals surface area contributed by atoms with Crippen LogP contribution in [0.1, 0.15) is 17.5 Å². The zero-order valence-electron chi connectivity index (χ0n) is 8.45. The van der Waals surface area contributed by atoms with Crippen LogP contribution in [0.15, 0.2) is 35.4 Å². The molecule has 0 bridgehead atoms.